The van der Waals surface area contributed by atoms with Crippen molar-refractivity contribution in [3.63, 3.8) is 0 Å². The minimum Gasteiger partial charge on any atom is -0.441 e. The third-order valence-electron chi connectivity index (χ3n) is 2.10. The van der Waals surface area contributed by atoms with Crippen LogP contribution < -0.4 is 5.32 Å². The summed E-state index contributed by atoms with van der Waals surface area (Å²) in [6, 6.07) is 9.10. The highest BCUT2D eigenvalue weighted by molar-refractivity contribution is 5.96. The second kappa shape index (κ2) is 5.58. The molecule has 1 amide bonds. The van der Waals surface area contributed by atoms with E-state index < -0.39 is 5.91 Å². The molecule has 2 aromatic rings. The monoisotopic (exact) mass is 241 g/mol. The highest BCUT2D eigenvalue weighted by Gasteiger charge is 2.11. The van der Waals surface area contributed by atoms with Crippen LogP contribution in [0.1, 0.15) is 16.2 Å². The van der Waals surface area contributed by atoms with Crippen molar-refractivity contribution in [2.24, 2.45) is 0 Å². The summed E-state index contributed by atoms with van der Waals surface area (Å²) in [6.45, 7) is 0. The second-order valence-corrected chi connectivity index (χ2v) is 3.36. The van der Waals surface area contributed by atoms with Gasteiger partial charge in [-0.2, -0.15) is 0 Å². The number of hydrogen-bond acceptors (Lipinski definition) is 4. The molecule has 0 saturated heterocycles. The van der Waals surface area contributed by atoms with E-state index in [1.54, 1.807) is 18.4 Å². The number of allylic oxidation sites excluding steroid dienone is 1. The molecule has 18 heavy (non-hydrogen) atoms. The van der Waals surface area contributed by atoms with E-state index >= 15 is 0 Å². The average Bonchev–Trinajstić information content (AvgIpc) is 2.93. The number of nitrogens with zero attached hydrogens (tertiary/aromatic N) is 1. The third-order valence-corrected chi connectivity index (χ3v) is 2.10. The predicted molar refractivity (Wildman–Crippen MR) is 64.1 cm³/mol. The molecule has 0 aliphatic carbocycles. The van der Waals surface area contributed by atoms with Gasteiger partial charge in [-0.3, -0.25) is 9.59 Å². The van der Waals surface area contributed by atoms with Gasteiger partial charge in [0.2, 0.25) is 0 Å². The van der Waals surface area contributed by atoms with Crippen LogP contribution in [0.15, 0.2) is 52.9 Å². The Balaban J connectivity index is 2.13. The van der Waals surface area contributed by atoms with Gasteiger partial charge in [-0.1, -0.05) is 30.3 Å². The lowest BCUT2D eigenvalue weighted by atomic mass is 10.2. The molecule has 1 heterocycles. The average molecular weight is 241 g/mol. The van der Waals surface area contributed by atoms with Crippen molar-refractivity contribution >= 4 is 18.3 Å². The Morgan fingerprint density at radius 2 is 2.11 bits per heavy atom. The Hall–Kier alpha value is -2.69. The molecule has 2 rings (SSSR count). The molecule has 0 bridgehead atoms. The molecule has 0 aliphatic rings. The van der Waals surface area contributed by atoms with Crippen molar-refractivity contribution in [1.82, 2.24) is 10.3 Å². The summed E-state index contributed by atoms with van der Waals surface area (Å²) < 4.78 is 4.81. The third kappa shape index (κ3) is 2.91. The van der Waals surface area contributed by atoms with Crippen LogP contribution in [-0.2, 0) is 4.79 Å². The number of amides is 1. The maximum absolute atomic E-state index is 11.6. The molecule has 1 aromatic carbocycles. The zero-order valence-electron chi connectivity index (χ0n) is 9.29. The van der Waals surface area contributed by atoms with Crippen LogP contribution in [0.4, 0.5) is 0 Å². The summed E-state index contributed by atoms with van der Waals surface area (Å²) in [4.78, 5) is 26.0. The van der Waals surface area contributed by atoms with Gasteiger partial charge in [0.1, 0.15) is 6.26 Å². The predicted octanol–water partition coefficient (Wildman–Crippen LogP) is 1.56. The molecular formula is C13H9N2O3. The molecule has 0 fully saturated rings. The van der Waals surface area contributed by atoms with Crippen LogP contribution in [-0.4, -0.2) is 17.2 Å². The fraction of sp³-hybridized carbons (Fsp3) is 0. The fourth-order valence-corrected chi connectivity index (χ4v) is 1.32. The molecule has 0 aliphatic heterocycles. The van der Waals surface area contributed by atoms with E-state index in [0.29, 0.717) is 0 Å². The van der Waals surface area contributed by atoms with E-state index in [4.69, 9.17) is 4.42 Å². The van der Waals surface area contributed by atoms with Crippen LogP contribution in [0.2, 0.25) is 0 Å². The number of hydrogen-bond donors (Lipinski definition) is 1. The van der Waals surface area contributed by atoms with Crippen LogP contribution >= 0.6 is 0 Å². The summed E-state index contributed by atoms with van der Waals surface area (Å²) in [5.74, 6) is -0.699. The van der Waals surface area contributed by atoms with Crippen LogP contribution in [0.3, 0.4) is 0 Å². The summed E-state index contributed by atoms with van der Waals surface area (Å²) >= 11 is 0. The van der Waals surface area contributed by atoms with E-state index in [2.05, 4.69) is 10.3 Å². The van der Waals surface area contributed by atoms with Crippen molar-refractivity contribution in [2.75, 3.05) is 0 Å². The maximum Gasteiger partial charge on any atom is 0.311 e. The quantitative estimate of drug-likeness (QED) is 0.824. The minimum atomic E-state index is -0.592. The Bertz CT molecular complexity index is 559. The first-order chi connectivity index (χ1) is 8.79. The number of carbonyl (C=O) groups is 1. The summed E-state index contributed by atoms with van der Waals surface area (Å²) in [7, 11) is 0. The molecule has 0 spiro atoms. The van der Waals surface area contributed by atoms with Crippen LogP contribution in [0, 0.1) is 0 Å². The summed E-state index contributed by atoms with van der Waals surface area (Å²) in [5, 5.41) is 2.36. The van der Waals surface area contributed by atoms with Crippen molar-refractivity contribution < 1.29 is 14.0 Å². The topological polar surface area (TPSA) is 72.2 Å². The van der Waals surface area contributed by atoms with Crippen molar-refractivity contribution in [2.45, 2.75) is 0 Å². The number of aromatic nitrogens is 1. The number of carbonyl (C=O) groups excluding carboxylic acids is 2. The van der Waals surface area contributed by atoms with Crippen LogP contribution in [0.25, 0.3) is 6.08 Å². The van der Waals surface area contributed by atoms with Gasteiger partial charge in [0, 0.05) is 0 Å². The smallest absolute Gasteiger partial charge is 0.311 e. The van der Waals surface area contributed by atoms with Gasteiger partial charge in [-0.05, 0) is 11.6 Å². The fourth-order valence-electron chi connectivity index (χ4n) is 1.32. The largest absolute Gasteiger partial charge is 0.441 e. The lowest BCUT2D eigenvalue weighted by Gasteiger charge is -2.00. The second-order valence-electron chi connectivity index (χ2n) is 3.36. The zero-order chi connectivity index (χ0) is 12.8. The minimum absolute atomic E-state index is 0.0180. The molecule has 5 heteroatoms. The molecule has 0 unspecified atom stereocenters. The molecule has 1 N–H and O–H groups in total. The van der Waals surface area contributed by atoms with E-state index in [1.165, 1.54) is 18.5 Å². The standard InChI is InChI=1S/C13H9N2O3/c16-9-11(8-10-4-2-1-3-5-10)15-12(17)13-14-6-7-18-13/h1-8H,(H,15,17). The molecule has 1 radical (unpaired) electrons. The van der Waals surface area contributed by atoms with Gasteiger partial charge in [-0.25, -0.2) is 4.98 Å². The lowest BCUT2D eigenvalue weighted by Crippen LogP contribution is -2.23. The molecule has 0 atom stereocenters. The Labute approximate surface area is 103 Å². The first-order valence-corrected chi connectivity index (χ1v) is 5.15. The normalized spacial score (nSPS) is 11.0. The number of nitrogens with one attached hydrogen (secondary N) is 1. The number of benzene rings is 1. The van der Waals surface area contributed by atoms with E-state index in [-0.39, 0.29) is 11.6 Å². The number of rotatable bonds is 4. The SMILES string of the molecule is O=[C]C(=Cc1ccccc1)NC(=O)c1ncco1. The van der Waals surface area contributed by atoms with Gasteiger partial charge >= 0.3 is 5.91 Å². The van der Waals surface area contributed by atoms with Crippen LogP contribution in [0.5, 0.6) is 0 Å². The highest BCUT2D eigenvalue weighted by atomic mass is 16.3. The van der Waals surface area contributed by atoms with Crippen molar-refractivity contribution in [3.05, 3.63) is 59.9 Å². The van der Waals surface area contributed by atoms with Gasteiger partial charge in [-0.15, -0.1) is 0 Å². The Morgan fingerprint density at radius 1 is 1.33 bits per heavy atom. The van der Waals surface area contributed by atoms with Gasteiger partial charge < -0.3 is 9.73 Å². The molecule has 0 saturated carbocycles. The first kappa shape index (κ1) is 11.8. The van der Waals surface area contributed by atoms with E-state index in [0.717, 1.165) is 5.56 Å². The zero-order valence-corrected chi connectivity index (χ0v) is 9.29. The molecule has 89 valence electrons. The van der Waals surface area contributed by atoms with Gasteiger partial charge in [0.25, 0.3) is 12.2 Å². The highest BCUT2D eigenvalue weighted by Crippen LogP contribution is 2.04. The van der Waals surface area contributed by atoms with Gasteiger partial charge in [0.15, 0.2) is 0 Å². The Morgan fingerprint density at radius 3 is 2.72 bits per heavy atom. The van der Waals surface area contributed by atoms with Crippen molar-refractivity contribution in [3.8, 4) is 0 Å². The van der Waals surface area contributed by atoms with E-state index in [9.17, 15) is 9.59 Å². The molecular weight excluding hydrogens is 232 g/mol. The Kier molecular flexibility index (Phi) is 3.66. The lowest BCUT2D eigenvalue weighted by molar-refractivity contribution is 0.0934. The summed E-state index contributed by atoms with van der Waals surface area (Å²) in [5.41, 5.74) is 0.799. The molecule has 5 nitrogen and oxygen atoms in total. The number of oxazole rings is 1. The summed E-state index contributed by atoms with van der Waals surface area (Å²) in [6.07, 6.45) is 5.79. The molecule has 1 aromatic heterocycles. The van der Waals surface area contributed by atoms with Gasteiger partial charge in [0.05, 0.1) is 11.9 Å². The van der Waals surface area contributed by atoms with E-state index in [1.807, 2.05) is 18.2 Å². The first-order valence-electron chi connectivity index (χ1n) is 5.15. The maximum atomic E-state index is 11.6. The van der Waals surface area contributed by atoms with Crippen molar-refractivity contribution in [1.29, 1.82) is 0 Å².